The van der Waals surface area contributed by atoms with Gasteiger partial charge in [0.25, 0.3) is 11.5 Å². The average Bonchev–Trinajstić information content (AvgIpc) is 2.66. The van der Waals surface area contributed by atoms with Crippen molar-refractivity contribution in [1.29, 1.82) is 0 Å². The van der Waals surface area contributed by atoms with Crippen LogP contribution in [0.1, 0.15) is 25.3 Å². The van der Waals surface area contributed by atoms with E-state index in [-0.39, 0.29) is 18.1 Å². The normalized spacial score (nSPS) is 12.7. The van der Waals surface area contributed by atoms with Crippen LogP contribution in [0.5, 0.6) is 5.75 Å². The predicted molar refractivity (Wildman–Crippen MR) is 104 cm³/mol. The Hall–Kier alpha value is -3.29. The maximum Gasteiger partial charge on any atom is 0.330 e. The van der Waals surface area contributed by atoms with Crippen LogP contribution in [0, 0.1) is 0 Å². The molecule has 0 spiro atoms. The molecule has 8 heteroatoms. The zero-order valence-electron chi connectivity index (χ0n) is 15.3. The minimum Gasteiger partial charge on any atom is -0.488 e. The van der Waals surface area contributed by atoms with Crippen LogP contribution in [-0.4, -0.2) is 29.1 Å². The van der Waals surface area contributed by atoms with E-state index in [2.05, 4.69) is 4.98 Å². The molecule has 0 bridgehead atoms. The number of hydrogen-bond acceptors (Lipinski definition) is 5. The van der Waals surface area contributed by atoms with Crippen LogP contribution in [0.3, 0.4) is 0 Å². The number of nitrogens with two attached hydrogens (primary N) is 1. The molecule has 0 saturated carbocycles. The SMILES string of the molecule is CCCCn1c(N)c(N(C)C(=O)C2=Cc3ccccc3OC2)c(=O)[nH]c1=O. The third kappa shape index (κ3) is 3.51. The number of carbonyl (C=O) groups is 1. The molecule has 3 rings (SSSR count). The summed E-state index contributed by atoms with van der Waals surface area (Å²) in [7, 11) is 1.46. The third-order valence-electron chi connectivity index (χ3n) is 4.50. The van der Waals surface area contributed by atoms with Crippen LogP contribution in [0.15, 0.2) is 39.4 Å². The number of benzene rings is 1. The molecule has 0 radical (unpaired) electrons. The molecule has 2 heterocycles. The van der Waals surface area contributed by atoms with Gasteiger partial charge in [-0.2, -0.15) is 0 Å². The van der Waals surface area contributed by atoms with Gasteiger partial charge in [-0.15, -0.1) is 0 Å². The van der Waals surface area contributed by atoms with Crippen molar-refractivity contribution < 1.29 is 9.53 Å². The molecule has 2 aromatic rings. The van der Waals surface area contributed by atoms with Crippen molar-refractivity contribution in [3.63, 3.8) is 0 Å². The highest BCUT2D eigenvalue weighted by atomic mass is 16.5. The number of nitrogens with one attached hydrogen (secondary N) is 1. The Morgan fingerprint density at radius 3 is 2.81 bits per heavy atom. The van der Waals surface area contributed by atoms with E-state index in [1.54, 1.807) is 6.08 Å². The van der Waals surface area contributed by atoms with E-state index in [1.165, 1.54) is 16.5 Å². The molecule has 1 aromatic heterocycles. The van der Waals surface area contributed by atoms with Crippen LogP contribution in [0.25, 0.3) is 6.08 Å². The predicted octanol–water partition coefficient (Wildman–Crippen LogP) is 1.36. The summed E-state index contributed by atoms with van der Waals surface area (Å²) in [4.78, 5) is 40.7. The number of amides is 1. The van der Waals surface area contributed by atoms with Gasteiger partial charge in [-0.05, 0) is 18.6 Å². The summed E-state index contributed by atoms with van der Waals surface area (Å²) < 4.78 is 6.89. The second kappa shape index (κ2) is 7.53. The number of aromatic amines is 1. The van der Waals surface area contributed by atoms with Crippen LogP contribution >= 0.6 is 0 Å². The number of H-pyrrole nitrogens is 1. The lowest BCUT2D eigenvalue weighted by Gasteiger charge is -2.23. The fourth-order valence-electron chi connectivity index (χ4n) is 3.00. The molecule has 0 aliphatic carbocycles. The van der Waals surface area contributed by atoms with Crippen LogP contribution in [-0.2, 0) is 11.3 Å². The van der Waals surface area contributed by atoms with Gasteiger partial charge in [0, 0.05) is 19.2 Å². The largest absolute Gasteiger partial charge is 0.488 e. The summed E-state index contributed by atoms with van der Waals surface area (Å²) in [6.45, 7) is 2.44. The van der Waals surface area contributed by atoms with Crippen molar-refractivity contribution in [3.05, 3.63) is 56.2 Å². The van der Waals surface area contributed by atoms with Gasteiger partial charge in [0.05, 0.1) is 5.57 Å². The van der Waals surface area contributed by atoms with Gasteiger partial charge in [-0.25, -0.2) is 4.79 Å². The quantitative estimate of drug-likeness (QED) is 0.826. The number of hydrogen-bond donors (Lipinski definition) is 2. The van der Waals surface area contributed by atoms with Gasteiger partial charge >= 0.3 is 5.69 Å². The number of aromatic nitrogens is 2. The topological polar surface area (TPSA) is 110 Å². The summed E-state index contributed by atoms with van der Waals surface area (Å²) in [5, 5.41) is 0. The Balaban J connectivity index is 1.98. The van der Waals surface area contributed by atoms with Crippen molar-refractivity contribution in [1.82, 2.24) is 9.55 Å². The molecule has 0 atom stereocenters. The van der Waals surface area contributed by atoms with Crippen molar-refractivity contribution >= 4 is 23.5 Å². The lowest BCUT2D eigenvalue weighted by atomic mass is 10.1. The number of anilines is 2. The molecule has 1 aromatic carbocycles. The number of nitrogens with zero attached hydrogens (tertiary/aromatic N) is 2. The number of ether oxygens (including phenoxy) is 1. The third-order valence-corrected chi connectivity index (χ3v) is 4.50. The minimum absolute atomic E-state index is 0.0224. The fraction of sp³-hybridized carbons (Fsp3) is 0.316. The summed E-state index contributed by atoms with van der Waals surface area (Å²) >= 11 is 0. The Labute approximate surface area is 155 Å². The smallest absolute Gasteiger partial charge is 0.330 e. The van der Waals surface area contributed by atoms with E-state index in [4.69, 9.17) is 10.5 Å². The highest BCUT2D eigenvalue weighted by molar-refractivity contribution is 6.09. The fourth-order valence-corrected chi connectivity index (χ4v) is 3.00. The van der Waals surface area contributed by atoms with Crippen LogP contribution < -0.4 is 26.6 Å². The number of fused-ring (bicyclic) bond motifs is 1. The lowest BCUT2D eigenvalue weighted by molar-refractivity contribution is -0.115. The Kier molecular flexibility index (Phi) is 5.16. The molecule has 142 valence electrons. The molecule has 27 heavy (non-hydrogen) atoms. The molecule has 8 nitrogen and oxygen atoms in total. The number of rotatable bonds is 5. The van der Waals surface area contributed by atoms with E-state index >= 15 is 0 Å². The summed E-state index contributed by atoms with van der Waals surface area (Å²) in [5.41, 5.74) is 5.93. The number of likely N-dealkylation sites (N-methyl/N-ethyl adjacent to an activating group) is 1. The number of carbonyl (C=O) groups excluding carboxylic acids is 1. The number of para-hydroxylation sites is 1. The lowest BCUT2D eigenvalue weighted by Crippen LogP contribution is -2.40. The van der Waals surface area contributed by atoms with E-state index < -0.39 is 17.2 Å². The van der Waals surface area contributed by atoms with E-state index in [0.29, 0.717) is 17.9 Å². The van der Waals surface area contributed by atoms with Gasteiger partial charge in [0.15, 0.2) is 5.69 Å². The second-order valence-corrected chi connectivity index (χ2v) is 6.36. The first-order valence-electron chi connectivity index (χ1n) is 8.77. The molecule has 0 saturated heterocycles. The first-order chi connectivity index (χ1) is 12.9. The van der Waals surface area contributed by atoms with Crippen LogP contribution in [0.4, 0.5) is 11.5 Å². The Morgan fingerprint density at radius 1 is 1.33 bits per heavy atom. The van der Waals surface area contributed by atoms with Crippen molar-refractivity contribution in [2.75, 3.05) is 24.3 Å². The molecule has 0 unspecified atom stereocenters. The minimum atomic E-state index is -0.696. The van der Waals surface area contributed by atoms with E-state index in [0.717, 1.165) is 18.4 Å². The molecule has 1 aliphatic heterocycles. The maximum absolute atomic E-state index is 12.9. The Bertz CT molecular complexity index is 1020. The molecular weight excluding hydrogens is 348 g/mol. The van der Waals surface area contributed by atoms with Gasteiger partial charge in [-0.3, -0.25) is 19.1 Å². The highest BCUT2D eigenvalue weighted by Crippen LogP contribution is 2.27. The number of unbranched alkanes of at least 4 members (excludes halogenated alkanes) is 1. The first-order valence-corrected chi connectivity index (χ1v) is 8.77. The molecule has 0 fully saturated rings. The standard InChI is InChI=1S/C19H22N4O4/c1-3-4-9-23-16(20)15(17(24)21-19(23)26)22(2)18(25)13-10-12-7-5-6-8-14(12)27-11-13/h5-8,10H,3-4,9,11,20H2,1-2H3,(H,21,24,26). The maximum atomic E-state index is 12.9. The summed E-state index contributed by atoms with van der Waals surface area (Å²) in [5.74, 6) is 0.260. The summed E-state index contributed by atoms with van der Waals surface area (Å²) in [6, 6.07) is 7.37. The highest BCUT2D eigenvalue weighted by Gasteiger charge is 2.25. The van der Waals surface area contributed by atoms with E-state index in [9.17, 15) is 14.4 Å². The molecular formula is C19H22N4O4. The van der Waals surface area contributed by atoms with E-state index in [1.807, 2.05) is 31.2 Å². The van der Waals surface area contributed by atoms with Gasteiger partial charge in [0.1, 0.15) is 18.2 Å². The van der Waals surface area contributed by atoms with Crippen molar-refractivity contribution in [2.24, 2.45) is 0 Å². The molecule has 1 aliphatic rings. The second-order valence-electron chi connectivity index (χ2n) is 6.36. The van der Waals surface area contributed by atoms with Gasteiger partial charge in [0.2, 0.25) is 0 Å². The van der Waals surface area contributed by atoms with Crippen LogP contribution in [0.2, 0.25) is 0 Å². The first kappa shape index (κ1) is 18.5. The van der Waals surface area contributed by atoms with Gasteiger partial charge in [-0.1, -0.05) is 31.5 Å². The average molecular weight is 370 g/mol. The molecule has 1 amide bonds. The number of nitrogen functional groups attached to an aromatic ring is 1. The van der Waals surface area contributed by atoms with Crippen molar-refractivity contribution in [2.45, 2.75) is 26.3 Å². The Morgan fingerprint density at radius 2 is 2.07 bits per heavy atom. The zero-order valence-corrected chi connectivity index (χ0v) is 15.3. The van der Waals surface area contributed by atoms with Crippen molar-refractivity contribution in [3.8, 4) is 5.75 Å². The summed E-state index contributed by atoms with van der Waals surface area (Å²) in [6.07, 6.45) is 3.32. The zero-order chi connectivity index (χ0) is 19.6. The molecule has 3 N–H and O–H groups in total. The monoisotopic (exact) mass is 370 g/mol. The van der Waals surface area contributed by atoms with Gasteiger partial charge < -0.3 is 15.4 Å².